The maximum absolute atomic E-state index is 13.9. The summed E-state index contributed by atoms with van der Waals surface area (Å²) in [7, 11) is 3.04. The standard InChI is InChI=1S/C20H27FN2O4/c1-26-12-9-20(22-18(24)14-3-4-14)7-10-23(11-8-20)19(25)15-5-6-17(27-2)16(21)13-15/h5-6,13-14H,3-4,7-12H2,1-2H3,(H,22,24). The molecule has 1 heterocycles. The van der Waals surface area contributed by atoms with Crippen molar-refractivity contribution in [2.24, 2.45) is 5.92 Å². The normalized spacial score (nSPS) is 18.9. The molecule has 0 radical (unpaired) electrons. The monoisotopic (exact) mass is 378 g/mol. The van der Waals surface area contributed by atoms with Gasteiger partial charge in [-0.05, 0) is 50.3 Å². The van der Waals surface area contributed by atoms with Crippen LogP contribution in [-0.2, 0) is 9.53 Å². The summed E-state index contributed by atoms with van der Waals surface area (Å²) in [4.78, 5) is 26.7. The Hall–Kier alpha value is -2.15. The molecule has 148 valence electrons. The maximum atomic E-state index is 13.9. The van der Waals surface area contributed by atoms with Crippen LogP contribution in [0.3, 0.4) is 0 Å². The van der Waals surface area contributed by atoms with E-state index in [1.54, 1.807) is 18.1 Å². The van der Waals surface area contributed by atoms with Crippen LogP contribution in [0.15, 0.2) is 18.2 Å². The van der Waals surface area contributed by atoms with Gasteiger partial charge >= 0.3 is 0 Å². The van der Waals surface area contributed by atoms with Crippen molar-refractivity contribution in [3.63, 3.8) is 0 Å². The lowest BCUT2D eigenvalue weighted by Crippen LogP contribution is -2.57. The molecule has 7 heteroatoms. The van der Waals surface area contributed by atoms with Gasteiger partial charge in [0, 0.05) is 43.8 Å². The highest BCUT2D eigenvalue weighted by Gasteiger charge is 2.40. The van der Waals surface area contributed by atoms with Crippen molar-refractivity contribution in [2.75, 3.05) is 33.9 Å². The third-order valence-electron chi connectivity index (χ3n) is 5.53. The number of nitrogens with one attached hydrogen (secondary N) is 1. The van der Waals surface area contributed by atoms with E-state index in [9.17, 15) is 14.0 Å². The number of carbonyl (C=O) groups is 2. The van der Waals surface area contributed by atoms with Crippen LogP contribution in [0.4, 0.5) is 4.39 Å². The Kier molecular flexibility index (Phi) is 5.99. The Morgan fingerprint density at radius 2 is 1.96 bits per heavy atom. The van der Waals surface area contributed by atoms with Crippen LogP contribution < -0.4 is 10.1 Å². The van der Waals surface area contributed by atoms with Crippen LogP contribution in [0.25, 0.3) is 0 Å². The summed E-state index contributed by atoms with van der Waals surface area (Å²) >= 11 is 0. The van der Waals surface area contributed by atoms with Crippen molar-refractivity contribution < 1.29 is 23.5 Å². The molecule has 2 aliphatic rings. The van der Waals surface area contributed by atoms with Gasteiger partial charge in [0.05, 0.1) is 7.11 Å². The van der Waals surface area contributed by atoms with E-state index in [0.29, 0.717) is 38.1 Å². The lowest BCUT2D eigenvalue weighted by atomic mass is 9.84. The molecule has 0 atom stereocenters. The summed E-state index contributed by atoms with van der Waals surface area (Å²) in [6.07, 6.45) is 3.97. The van der Waals surface area contributed by atoms with Crippen LogP contribution in [0, 0.1) is 11.7 Å². The molecule has 1 aromatic carbocycles. The molecule has 27 heavy (non-hydrogen) atoms. The number of hydrogen-bond donors (Lipinski definition) is 1. The van der Waals surface area contributed by atoms with Gasteiger partial charge in [0.2, 0.25) is 5.91 Å². The van der Waals surface area contributed by atoms with E-state index >= 15 is 0 Å². The van der Waals surface area contributed by atoms with Crippen LogP contribution in [0.2, 0.25) is 0 Å². The topological polar surface area (TPSA) is 67.9 Å². The number of benzene rings is 1. The second-order valence-electron chi connectivity index (χ2n) is 7.43. The highest BCUT2D eigenvalue weighted by atomic mass is 19.1. The largest absolute Gasteiger partial charge is 0.494 e. The van der Waals surface area contributed by atoms with E-state index in [0.717, 1.165) is 19.3 Å². The number of amides is 2. The van der Waals surface area contributed by atoms with E-state index in [1.165, 1.54) is 19.2 Å². The van der Waals surface area contributed by atoms with Crippen molar-refractivity contribution in [3.8, 4) is 5.75 Å². The van der Waals surface area contributed by atoms with E-state index in [4.69, 9.17) is 9.47 Å². The van der Waals surface area contributed by atoms with Gasteiger partial charge in [-0.3, -0.25) is 9.59 Å². The van der Waals surface area contributed by atoms with Crippen molar-refractivity contribution in [2.45, 2.75) is 37.6 Å². The number of nitrogens with zero attached hydrogens (tertiary/aromatic N) is 1. The molecule has 1 saturated heterocycles. The first kappa shape index (κ1) is 19.6. The molecule has 2 amide bonds. The Balaban J connectivity index is 1.65. The lowest BCUT2D eigenvalue weighted by Gasteiger charge is -2.42. The third kappa shape index (κ3) is 4.58. The van der Waals surface area contributed by atoms with Gasteiger partial charge in [-0.1, -0.05) is 0 Å². The molecule has 2 fully saturated rings. The van der Waals surface area contributed by atoms with E-state index in [-0.39, 0.29) is 29.0 Å². The SMILES string of the molecule is COCCC1(NC(=O)C2CC2)CCN(C(=O)c2ccc(OC)c(F)c2)CC1. The zero-order chi connectivity index (χ0) is 19.4. The van der Waals surface area contributed by atoms with E-state index in [2.05, 4.69) is 5.32 Å². The van der Waals surface area contributed by atoms with Gasteiger partial charge in [-0.15, -0.1) is 0 Å². The molecule has 1 N–H and O–H groups in total. The fraction of sp³-hybridized carbons (Fsp3) is 0.600. The van der Waals surface area contributed by atoms with Crippen LogP contribution >= 0.6 is 0 Å². The summed E-state index contributed by atoms with van der Waals surface area (Å²) in [5, 5.41) is 3.22. The smallest absolute Gasteiger partial charge is 0.253 e. The molecular weight excluding hydrogens is 351 g/mol. The number of halogens is 1. The van der Waals surface area contributed by atoms with Gasteiger partial charge in [0.15, 0.2) is 11.6 Å². The fourth-order valence-corrected chi connectivity index (χ4v) is 3.56. The van der Waals surface area contributed by atoms with Crippen molar-refractivity contribution >= 4 is 11.8 Å². The maximum Gasteiger partial charge on any atom is 0.253 e. The Morgan fingerprint density at radius 3 is 2.52 bits per heavy atom. The number of likely N-dealkylation sites (tertiary alicyclic amines) is 1. The Morgan fingerprint density at radius 1 is 1.26 bits per heavy atom. The minimum absolute atomic E-state index is 0.114. The predicted molar refractivity (Wildman–Crippen MR) is 98.2 cm³/mol. The number of carbonyl (C=O) groups excluding carboxylic acids is 2. The van der Waals surface area contributed by atoms with Gasteiger partial charge in [0.1, 0.15) is 0 Å². The second-order valence-corrected chi connectivity index (χ2v) is 7.43. The minimum Gasteiger partial charge on any atom is -0.494 e. The molecule has 1 aliphatic heterocycles. The molecule has 0 aromatic heterocycles. The predicted octanol–water partition coefficient (Wildman–Crippen LogP) is 2.37. The Bertz CT molecular complexity index is 697. The summed E-state index contributed by atoms with van der Waals surface area (Å²) in [5.41, 5.74) is -0.0304. The molecular formula is C20H27FN2O4. The first-order chi connectivity index (χ1) is 13.0. The third-order valence-corrected chi connectivity index (χ3v) is 5.53. The summed E-state index contributed by atoms with van der Waals surface area (Å²) in [6.45, 7) is 1.59. The van der Waals surface area contributed by atoms with E-state index in [1.807, 2.05) is 0 Å². The highest BCUT2D eigenvalue weighted by molar-refractivity contribution is 5.94. The highest BCUT2D eigenvalue weighted by Crippen LogP contribution is 2.33. The van der Waals surface area contributed by atoms with E-state index < -0.39 is 5.82 Å². The zero-order valence-electron chi connectivity index (χ0n) is 15.9. The Labute approximate surface area is 159 Å². The average Bonchev–Trinajstić information content (AvgIpc) is 3.52. The molecule has 1 aromatic rings. The van der Waals surface area contributed by atoms with Crippen molar-refractivity contribution in [1.29, 1.82) is 0 Å². The van der Waals surface area contributed by atoms with Crippen molar-refractivity contribution in [3.05, 3.63) is 29.6 Å². The lowest BCUT2D eigenvalue weighted by molar-refractivity contribution is -0.125. The molecule has 1 aliphatic carbocycles. The second kappa shape index (κ2) is 8.25. The molecule has 0 unspecified atom stereocenters. The molecule has 0 bridgehead atoms. The fourth-order valence-electron chi connectivity index (χ4n) is 3.56. The number of rotatable bonds is 7. The summed E-state index contributed by atoms with van der Waals surface area (Å²) < 4.78 is 24.0. The van der Waals surface area contributed by atoms with Gasteiger partial charge in [0.25, 0.3) is 5.91 Å². The van der Waals surface area contributed by atoms with Gasteiger partial charge < -0.3 is 19.7 Å². The molecule has 1 saturated carbocycles. The van der Waals surface area contributed by atoms with Gasteiger partial charge in [-0.2, -0.15) is 0 Å². The molecule has 3 rings (SSSR count). The number of methoxy groups -OCH3 is 2. The first-order valence-electron chi connectivity index (χ1n) is 9.42. The van der Waals surface area contributed by atoms with Gasteiger partial charge in [-0.25, -0.2) is 4.39 Å². The number of hydrogen-bond acceptors (Lipinski definition) is 4. The van der Waals surface area contributed by atoms with Crippen LogP contribution in [0.1, 0.15) is 42.5 Å². The number of piperidine rings is 1. The first-order valence-corrected chi connectivity index (χ1v) is 9.42. The average molecular weight is 378 g/mol. The molecule has 0 spiro atoms. The van der Waals surface area contributed by atoms with Crippen LogP contribution in [-0.4, -0.2) is 56.2 Å². The minimum atomic E-state index is -0.550. The number of ether oxygens (including phenoxy) is 2. The van der Waals surface area contributed by atoms with Crippen molar-refractivity contribution in [1.82, 2.24) is 10.2 Å². The quantitative estimate of drug-likeness (QED) is 0.791. The van der Waals surface area contributed by atoms with Crippen LogP contribution in [0.5, 0.6) is 5.75 Å². The summed E-state index contributed by atoms with van der Waals surface area (Å²) in [5.74, 6) is -0.377. The molecule has 6 nitrogen and oxygen atoms in total. The zero-order valence-corrected chi connectivity index (χ0v) is 15.9. The summed E-state index contributed by atoms with van der Waals surface area (Å²) in [6, 6.07) is 4.25.